The maximum Gasteiger partial charge on any atom is 0.266 e. The van der Waals surface area contributed by atoms with Crippen molar-refractivity contribution in [1.29, 1.82) is 0 Å². The van der Waals surface area contributed by atoms with Gasteiger partial charge in [-0.15, -0.1) is 5.10 Å². The fourth-order valence-electron chi connectivity index (χ4n) is 2.80. The van der Waals surface area contributed by atoms with Crippen molar-refractivity contribution in [2.45, 2.75) is 13.0 Å². The van der Waals surface area contributed by atoms with Crippen LogP contribution in [0.3, 0.4) is 0 Å². The Kier molecular flexibility index (Phi) is 4.94. The minimum Gasteiger partial charge on any atom is -0.360 e. The summed E-state index contributed by atoms with van der Waals surface area (Å²) in [6.07, 6.45) is 2.96. The van der Waals surface area contributed by atoms with Crippen LogP contribution < -0.4 is 10.9 Å². The van der Waals surface area contributed by atoms with Crippen molar-refractivity contribution in [3.8, 4) is 5.82 Å². The largest absolute Gasteiger partial charge is 0.360 e. The Bertz CT molecular complexity index is 1240. The molecule has 0 saturated carbocycles. The number of fused-ring (bicyclic) bond motifs is 1. The number of nitrogens with one attached hydrogen (secondary N) is 1. The molecule has 1 aromatic carbocycles. The average Bonchev–Trinajstić information content (AvgIpc) is 3.14. The van der Waals surface area contributed by atoms with Gasteiger partial charge in [0.25, 0.3) is 5.56 Å². The van der Waals surface area contributed by atoms with Crippen molar-refractivity contribution < 1.29 is 0 Å². The topological polar surface area (TPSA) is 103 Å². The van der Waals surface area contributed by atoms with Crippen molar-refractivity contribution >= 4 is 48.6 Å². The standard InChI is InChI=1S/C17H14Br2N8O/c1-9(17-22-8-23-27(17)13-3-4-14(28)26(2)25-13)24-16-11-5-10(18)6-12(19)15(11)20-7-21-16/h3-9H,1-2H3,(H,20,21,24). The molecule has 0 radical (unpaired) electrons. The fourth-order valence-corrected chi connectivity index (χ4v) is 4.13. The molecule has 11 heteroatoms. The summed E-state index contributed by atoms with van der Waals surface area (Å²) < 4.78 is 4.63. The van der Waals surface area contributed by atoms with Crippen LogP contribution >= 0.6 is 31.9 Å². The van der Waals surface area contributed by atoms with Crippen molar-refractivity contribution in [2.24, 2.45) is 7.05 Å². The molecular weight excluding hydrogens is 492 g/mol. The molecule has 3 heterocycles. The highest BCUT2D eigenvalue weighted by Gasteiger charge is 2.18. The van der Waals surface area contributed by atoms with Gasteiger partial charge in [-0.3, -0.25) is 4.79 Å². The van der Waals surface area contributed by atoms with Gasteiger partial charge in [0.05, 0.1) is 11.6 Å². The van der Waals surface area contributed by atoms with Gasteiger partial charge < -0.3 is 5.32 Å². The molecule has 0 saturated heterocycles. The van der Waals surface area contributed by atoms with Gasteiger partial charge in [0.15, 0.2) is 11.6 Å². The van der Waals surface area contributed by atoms with Crippen LogP contribution in [0.1, 0.15) is 18.8 Å². The normalized spacial score (nSPS) is 12.3. The van der Waals surface area contributed by atoms with E-state index in [0.29, 0.717) is 17.5 Å². The Hall–Kier alpha value is -2.66. The molecule has 0 amide bonds. The highest BCUT2D eigenvalue weighted by Crippen LogP contribution is 2.31. The van der Waals surface area contributed by atoms with Crippen molar-refractivity contribution in [3.05, 3.63) is 62.0 Å². The number of anilines is 1. The lowest BCUT2D eigenvalue weighted by Gasteiger charge is -2.16. The van der Waals surface area contributed by atoms with Crippen molar-refractivity contribution in [2.75, 3.05) is 5.32 Å². The molecule has 28 heavy (non-hydrogen) atoms. The molecule has 0 fully saturated rings. The van der Waals surface area contributed by atoms with E-state index in [0.717, 1.165) is 19.8 Å². The summed E-state index contributed by atoms with van der Waals surface area (Å²) in [5, 5.41) is 12.7. The summed E-state index contributed by atoms with van der Waals surface area (Å²) in [5.41, 5.74) is 0.606. The Balaban J connectivity index is 1.72. The van der Waals surface area contributed by atoms with E-state index in [-0.39, 0.29) is 11.6 Å². The summed E-state index contributed by atoms with van der Waals surface area (Å²) in [6.45, 7) is 1.95. The van der Waals surface area contributed by atoms with E-state index in [2.05, 4.69) is 62.3 Å². The van der Waals surface area contributed by atoms with E-state index in [4.69, 9.17) is 0 Å². The summed E-state index contributed by atoms with van der Waals surface area (Å²) in [6, 6.07) is 6.71. The van der Waals surface area contributed by atoms with Gasteiger partial charge >= 0.3 is 0 Å². The van der Waals surface area contributed by atoms with Gasteiger partial charge in [0.2, 0.25) is 0 Å². The zero-order valence-corrected chi connectivity index (χ0v) is 18.0. The van der Waals surface area contributed by atoms with Crippen LogP contribution in [0.5, 0.6) is 0 Å². The lowest BCUT2D eigenvalue weighted by atomic mass is 10.2. The zero-order valence-electron chi connectivity index (χ0n) is 14.8. The van der Waals surface area contributed by atoms with Crippen molar-refractivity contribution in [1.82, 2.24) is 34.5 Å². The number of benzene rings is 1. The van der Waals surface area contributed by atoms with E-state index in [1.54, 1.807) is 17.8 Å². The summed E-state index contributed by atoms with van der Waals surface area (Å²) in [4.78, 5) is 24.7. The van der Waals surface area contributed by atoms with E-state index < -0.39 is 0 Å². The first-order valence-electron chi connectivity index (χ1n) is 8.25. The molecule has 1 atom stereocenters. The molecular formula is C17H14Br2N8O. The number of nitrogens with zero attached hydrogens (tertiary/aromatic N) is 7. The Morgan fingerprint density at radius 1 is 1.11 bits per heavy atom. The Morgan fingerprint density at radius 2 is 1.93 bits per heavy atom. The second-order valence-corrected chi connectivity index (χ2v) is 7.83. The smallest absolute Gasteiger partial charge is 0.266 e. The molecule has 0 aliphatic carbocycles. The van der Waals surface area contributed by atoms with Crippen molar-refractivity contribution in [3.63, 3.8) is 0 Å². The van der Waals surface area contributed by atoms with Crippen LogP contribution in [0.25, 0.3) is 16.7 Å². The molecule has 1 unspecified atom stereocenters. The van der Waals surface area contributed by atoms with Gasteiger partial charge in [0, 0.05) is 27.4 Å². The molecule has 0 aliphatic heterocycles. The monoisotopic (exact) mass is 504 g/mol. The average molecular weight is 506 g/mol. The van der Waals surface area contributed by atoms with E-state index >= 15 is 0 Å². The number of rotatable bonds is 4. The van der Waals surface area contributed by atoms with Gasteiger partial charge in [0.1, 0.15) is 18.5 Å². The van der Waals surface area contributed by atoms with Gasteiger partial charge in [-0.1, -0.05) is 15.9 Å². The molecule has 0 aliphatic rings. The molecule has 9 nitrogen and oxygen atoms in total. The molecule has 0 bridgehead atoms. The Morgan fingerprint density at radius 3 is 2.71 bits per heavy atom. The van der Waals surface area contributed by atoms with Gasteiger partial charge in [-0.25, -0.2) is 19.6 Å². The number of halogens is 2. The minimum absolute atomic E-state index is 0.194. The van der Waals surface area contributed by atoms with E-state index in [1.165, 1.54) is 23.4 Å². The summed E-state index contributed by atoms with van der Waals surface area (Å²) >= 11 is 7.03. The van der Waals surface area contributed by atoms with Gasteiger partial charge in [-0.05, 0) is 41.1 Å². The lowest BCUT2D eigenvalue weighted by molar-refractivity contribution is 0.646. The number of hydrogen-bond donors (Lipinski definition) is 1. The Labute approximate surface area is 176 Å². The quantitative estimate of drug-likeness (QED) is 0.454. The number of aryl methyl sites for hydroxylation is 1. The predicted octanol–water partition coefficient (Wildman–Crippen LogP) is 3.00. The second-order valence-electron chi connectivity index (χ2n) is 6.06. The fraction of sp³-hybridized carbons (Fsp3) is 0.176. The van der Waals surface area contributed by atoms with Crippen LogP contribution in [-0.2, 0) is 7.05 Å². The van der Waals surface area contributed by atoms with Crippen LogP contribution in [-0.4, -0.2) is 34.5 Å². The molecule has 1 N–H and O–H groups in total. The first-order chi connectivity index (χ1) is 13.4. The third kappa shape index (κ3) is 3.42. The van der Waals surface area contributed by atoms with Crippen LogP contribution in [0.15, 0.2) is 50.7 Å². The summed E-state index contributed by atoms with van der Waals surface area (Å²) in [5.74, 6) is 1.80. The van der Waals surface area contributed by atoms with Crippen LogP contribution in [0.4, 0.5) is 5.82 Å². The van der Waals surface area contributed by atoms with E-state index in [1.807, 2.05) is 19.1 Å². The third-order valence-corrected chi connectivity index (χ3v) is 5.20. The van der Waals surface area contributed by atoms with E-state index in [9.17, 15) is 4.79 Å². The number of hydrogen-bond acceptors (Lipinski definition) is 7. The molecule has 142 valence electrons. The van der Waals surface area contributed by atoms with Crippen LogP contribution in [0.2, 0.25) is 0 Å². The highest BCUT2D eigenvalue weighted by atomic mass is 79.9. The number of aromatic nitrogens is 7. The lowest BCUT2D eigenvalue weighted by Crippen LogP contribution is -2.22. The van der Waals surface area contributed by atoms with Crippen LogP contribution in [0, 0.1) is 0 Å². The first-order valence-corrected chi connectivity index (χ1v) is 9.83. The molecule has 3 aromatic heterocycles. The molecule has 4 aromatic rings. The second kappa shape index (κ2) is 7.40. The summed E-state index contributed by atoms with van der Waals surface area (Å²) in [7, 11) is 1.59. The SMILES string of the molecule is CC(Nc1ncnc2c(Br)cc(Br)cc12)c1ncnn1-c1ccc(=O)n(C)n1. The maximum atomic E-state index is 11.6. The first kappa shape index (κ1) is 18.7. The highest BCUT2D eigenvalue weighted by molar-refractivity contribution is 9.11. The maximum absolute atomic E-state index is 11.6. The molecule has 0 spiro atoms. The minimum atomic E-state index is -0.239. The molecule has 4 rings (SSSR count). The van der Waals surface area contributed by atoms with Gasteiger partial charge in [-0.2, -0.15) is 9.78 Å². The third-order valence-electron chi connectivity index (χ3n) is 4.14. The predicted molar refractivity (Wildman–Crippen MR) is 111 cm³/mol. The zero-order chi connectivity index (χ0) is 19.8.